The molecule has 1 aromatic rings. The fourth-order valence-corrected chi connectivity index (χ4v) is 1.33. The van der Waals surface area contributed by atoms with Crippen molar-refractivity contribution in [3.8, 4) is 0 Å². The van der Waals surface area contributed by atoms with E-state index in [4.69, 9.17) is 17.3 Å². The van der Waals surface area contributed by atoms with E-state index in [1.165, 1.54) is 6.33 Å². The number of anilines is 2. The molecule has 0 radical (unpaired) electrons. The highest BCUT2D eigenvalue weighted by atomic mass is 35.5. The lowest BCUT2D eigenvalue weighted by atomic mass is 10.2. The van der Waals surface area contributed by atoms with Crippen LogP contribution in [0.3, 0.4) is 0 Å². The molecule has 0 aliphatic carbocycles. The Hall–Kier alpha value is -1.03. The van der Waals surface area contributed by atoms with E-state index in [0.29, 0.717) is 22.7 Å². The van der Waals surface area contributed by atoms with Crippen LogP contribution in [0.25, 0.3) is 0 Å². The van der Waals surface area contributed by atoms with Gasteiger partial charge in [0, 0.05) is 13.1 Å². The summed E-state index contributed by atoms with van der Waals surface area (Å²) < 4.78 is 0. The van der Waals surface area contributed by atoms with E-state index >= 15 is 0 Å². The number of nitrogens with two attached hydrogens (primary N) is 1. The van der Waals surface area contributed by atoms with Crippen molar-refractivity contribution in [3.05, 3.63) is 11.3 Å². The molecule has 1 atom stereocenters. The Morgan fingerprint density at radius 3 is 2.79 bits per heavy atom. The predicted octanol–water partition coefficient (Wildman–Crippen LogP) is 1.95. The predicted molar refractivity (Wildman–Crippen MR) is 59.6 cm³/mol. The summed E-state index contributed by atoms with van der Waals surface area (Å²) in [5.74, 6) is 1.01. The third-order valence-corrected chi connectivity index (χ3v) is 2.75. The molecule has 4 nitrogen and oxygen atoms in total. The maximum atomic E-state index is 6.00. The Labute approximate surface area is 89.1 Å². The van der Waals surface area contributed by atoms with Crippen LogP contribution in [0.15, 0.2) is 6.33 Å². The van der Waals surface area contributed by atoms with Crippen LogP contribution in [0.5, 0.6) is 0 Å². The zero-order valence-corrected chi connectivity index (χ0v) is 9.41. The van der Waals surface area contributed by atoms with E-state index in [-0.39, 0.29) is 0 Å². The Kier molecular flexibility index (Phi) is 3.52. The van der Waals surface area contributed by atoms with E-state index in [2.05, 4.69) is 23.8 Å². The van der Waals surface area contributed by atoms with Crippen molar-refractivity contribution in [2.45, 2.75) is 26.3 Å². The summed E-state index contributed by atoms with van der Waals surface area (Å²) in [6.45, 7) is 4.22. The van der Waals surface area contributed by atoms with Crippen LogP contribution in [-0.4, -0.2) is 23.1 Å². The molecule has 1 aromatic heterocycles. The normalized spacial score (nSPS) is 12.6. The van der Waals surface area contributed by atoms with E-state index in [1.807, 2.05) is 11.9 Å². The van der Waals surface area contributed by atoms with Crippen molar-refractivity contribution in [1.29, 1.82) is 0 Å². The van der Waals surface area contributed by atoms with Gasteiger partial charge in [-0.05, 0) is 13.3 Å². The summed E-state index contributed by atoms with van der Waals surface area (Å²) in [5, 5.41) is 0.426. The quantitative estimate of drug-likeness (QED) is 0.836. The molecule has 0 saturated carbocycles. The highest BCUT2D eigenvalue weighted by Crippen LogP contribution is 2.27. The van der Waals surface area contributed by atoms with Gasteiger partial charge >= 0.3 is 0 Å². The average molecular weight is 215 g/mol. The van der Waals surface area contributed by atoms with Crippen LogP contribution >= 0.6 is 11.6 Å². The third-order valence-electron chi connectivity index (χ3n) is 2.38. The number of rotatable bonds is 3. The van der Waals surface area contributed by atoms with Gasteiger partial charge in [0.15, 0.2) is 5.82 Å². The van der Waals surface area contributed by atoms with Gasteiger partial charge in [0.25, 0.3) is 0 Å². The maximum absolute atomic E-state index is 6.00. The molecule has 1 heterocycles. The number of halogens is 1. The monoisotopic (exact) mass is 214 g/mol. The lowest BCUT2D eigenvalue weighted by molar-refractivity contribution is 0.656. The molecule has 0 saturated heterocycles. The van der Waals surface area contributed by atoms with Crippen molar-refractivity contribution >= 4 is 23.2 Å². The molecule has 2 N–H and O–H groups in total. The van der Waals surface area contributed by atoms with E-state index in [9.17, 15) is 0 Å². The molecule has 0 aliphatic rings. The van der Waals surface area contributed by atoms with Gasteiger partial charge in [0.1, 0.15) is 17.2 Å². The van der Waals surface area contributed by atoms with Crippen LogP contribution in [0, 0.1) is 0 Å². The molecular weight excluding hydrogens is 200 g/mol. The van der Waals surface area contributed by atoms with Gasteiger partial charge in [0.05, 0.1) is 0 Å². The minimum atomic E-state index is 0.326. The van der Waals surface area contributed by atoms with E-state index in [1.54, 1.807) is 0 Å². The van der Waals surface area contributed by atoms with Gasteiger partial charge in [-0.15, -0.1) is 0 Å². The second-order valence-corrected chi connectivity index (χ2v) is 3.64. The van der Waals surface area contributed by atoms with E-state index < -0.39 is 0 Å². The third kappa shape index (κ3) is 2.07. The van der Waals surface area contributed by atoms with Gasteiger partial charge < -0.3 is 10.6 Å². The van der Waals surface area contributed by atoms with Crippen molar-refractivity contribution in [1.82, 2.24) is 9.97 Å². The number of nitrogen functional groups attached to an aromatic ring is 1. The number of nitrogens with zero attached hydrogens (tertiary/aromatic N) is 3. The zero-order chi connectivity index (χ0) is 10.7. The fourth-order valence-electron chi connectivity index (χ4n) is 1.10. The molecule has 0 amide bonds. The molecule has 0 aromatic carbocycles. The smallest absolute Gasteiger partial charge is 0.153 e. The minimum absolute atomic E-state index is 0.326. The summed E-state index contributed by atoms with van der Waals surface area (Å²) in [6.07, 6.45) is 2.45. The first-order valence-electron chi connectivity index (χ1n) is 4.56. The van der Waals surface area contributed by atoms with Gasteiger partial charge in [0.2, 0.25) is 0 Å². The molecule has 0 bridgehead atoms. The van der Waals surface area contributed by atoms with E-state index in [0.717, 1.165) is 6.42 Å². The molecule has 0 spiro atoms. The summed E-state index contributed by atoms with van der Waals surface area (Å²) in [7, 11) is 1.95. The fraction of sp³-hybridized carbons (Fsp3) is 0.556. The second-order valence-electron chi connectivity index (χ2n) is 3.26. The maximum Gasteiger partial charge on any atom is 0.153 e. The summed E-state index contributed by atoms with van der Waals surface area (Å²) in [6, 6.07) is 0.377. The molecule has 78 valence electrons. The first kappa shape index (κ1) is 11.0. The van der Waals surface area contributed by atoms with Gasteiger partial charge in [-0.25, -0.2) is 9.97 Å². The zero-order valence-electron chi connectivity index (χ0n) is 8.66. The Morgan fingerprint density at radius 1 is 1.57 bits per heavy atom. The number of hydrogen-bond donors (Lipinski definition) is 1. The first-order valence-corrected chi connectivity index (χ1v) is 4.94. The topological polar surface area (TPSA) is 55.0 Å². The van der Waals surface area contributed by atoms with Crippen LogP contribution in [0.2, 0.25) is 5.02 Å². The van der Waals surface area contributed by atoms with Crippen LogP contribution in [0.4, 0.5) is 11.6 Å². The number of hydrogen-bond acceptors (Lipinski definition) is 4. The molecule has 0 aliphatic heterocycles. The number of aromatic nitrogens is 2. The molecular formula is C9H15ClN4. The Balaban J connectivity index is 3.01. The van der Waals surface area contributed by atoms with Gasteiger partial charge in [-0.3, -0.25) is 0 Å². The van der Waals surface area contributed by atoms with Gasteiger partial charge in [-0.1, -0.05) is 18.5 Å². The van der Waals surface area contributed by atoms with Crippen molar-refractivity contribution in [2.24, 2.45) is 0 Å². The SMILES string of the molecule is CCC(C)N(C)c1ncnc(N)c1Cl. The average Bonchev–Trinajstić information content (AvgIpc) is 2.20. The summed E-state index contributed by atoms with van der Waals surface area (Å²) >= 11 is 6.00. The molecule has 1 rings (SSSR count). The van der Waals surface area contributed by atoms with Crippen molar-refractivity contribution < 1.29 is 0 Å². The lowest BCUT2D eigenvalue weighted by Crippen LogP contribution is -2.29. The Bertz CT molecular complexity index is 316. The summed E-state index contributed by atoms with van der Waals surface area (Å²) in [5.41, 5.74) is 5.59. The second kappa shape index (κ2) is 4.46. The largest absolute Gasteiger partial charge is 0.382 e. The highest BCUT2D eigenvalue weighted by molar-refractivity contribution is 6.35. The standard InChI is InChI=1S/C9H15ClN4/c1-4-6(2)14(3)9-7(10)8(11)12-5-13-9/h5-6H,4H2,1-3H3,(H2,11,12,13). The molecule has 1 unspecified atom stereocenters. The minimum Gasteiger partial charge on any atom is -0.382 e. The van der Waals surface area contributed by atoms with Crippen LogP contribution < -0.4 is 10.6 Å². The van der Waals surface area contributed by atoms with Crippen molar-refractivity contribution in [2.75, 3.05) is 17.7 Å². The molecule has 14 heavy (non-hydrogen) atoms. The summed E-state index contributed by atoms with van der Waals surface area (Å²) in [4.78, 5) is 9.93. The van der Waals surface area contributed by atoms with Crippen molar-refractivity contribution in [3.63, 3.8) is 0 Å². The lowest BCUT2D eigenvalue weighted by Gasteiger charge is -2.25. The molecule has 5 heteroatoms. The molecule has 0 fully saturated rings. The van der Waals surface area contributed by atoms with Gasteiger partial charge in [-0.2, -0.15) is 0 Å². The highest BCUT2D eigenvalue weighted by Gasteiger charge is 2.14. The van der Waals surface area contributed by atoms with Crippen LogP contribution in [0.1, 0.15) is 20.3 Å². The van der Waals surface area contributed by atoms with Crippen LogP contribution in [-0.2, 0) is 0 Å². The first-order chi connectivity index (χ1) is 6.57. The Morgan fingerprint density at radius 2 is 2.21 bits per heavy atom.